The molecule has 0 amide bonds. The van der Waals surface area contributed by atoms with E-state index in [0.29, 0.717) is 12.1 Å². The summed E-state index contributed by atoms with van der Waals surface area (Å²) in [7, 11) is 0. The topological polar surface area (TPSA) is 29.3 Å². The molecule has 110 valence electrons. The molecule has 0 bridgehead atoms. The number of hydrogen-bond acceptors (Lipinski definition) is 3. The van der Waals surface area contributed by atoms with E-state index in [-0.39, 0.29) is 6.04 Å². The summed E-state index contributed by atoms with van der Waals surface area (Å²) in [4.78, 5) is 5.42. The lowest BCUT2D eigenvalue weighted by molar-refractivity contribution is 0.513. The number of nitrogens with zero attached hydrogens (tertiary/aromatic N) is 2. The molecule has 0 aliphatic rings. The van der Waals surface area contributed by atoms with Crippen LogP contribution in [0.5, 0.6) is 0 Å². The Kier molecular flexibility index (Phi) is 3.73. The number of imidazole rings is 1. The van der Waals surface area contributed by atoms with Crippen LogP contribution >= 0.6 is 11.3 Å². The maximum atomic E-state index is 13.8. The molecule has 0 aliphatic carbocycles. The first kappa shape index (κ1) is 14.2. The summed E-state index contributed by atoms with van der Waals surface area (Å²) in [5.41, 5.74) is 2.47. The smallest absolute Gasteiger partial charge is 0.194 e. The van der Waals surface area contributed by atoms with Gasteiger partial charge < -0.3 is 5.32 Å². The summed E-state index contributed by atoms with van der Waals surface area (Å²) in [6.45, 7) is 4.39. The standard InChI is InChI=1S/C15H15F2N3S/c1-9(12-4-3-11(16)7-13(12)17)18-8-14-10(2)19-15-20(14)5-6-21-15/h3-7,9,18H,8H2,1-2H3. The van der Waals surface area contributed by atoms with E-state index < -0.39 is 11.6 Å². The van der Waals surface area contributed by atoms with Gasteiger partial charge in [-0.05, 0) is 19.9 Å². The van der Waals surface area contributed by atoms with Gasteiger partial charge in [-0.3, -0.25) is 4.40 Å². The monoisotopic (exact) mass is 307 g/mol. The first-order chi connectivity index (χ1) is 10.1. The number of halogens is 2. The first-order valence-corrected chi connectivity index (χ1v) is 7.53. The van der Waals surface area contributed by atoms with Gasteiger partial charge in [0.2, 0.25) is 0 Å². The number of rotatable bonds is 4. The van der Waals surface area contributed by atoms with Gasteiger partial charge in [0.25, 0.3) is 0 Å². The van der Waals surface area contributed by atoms with Gasteiger partial charge in [-0.2, -0.15) is 0 Å². The molecule has 1 N–H and O–H groups in total. The van der Waals surface area contributed by atoms with E-state index in [4.69, 9.17) is 0 Å². The molecule has 6 heteroatoms. The SMILES string of the molecule is Cc1nc2sccn2c1CNC(C)c1ccc(F)cc1F. The van der Waals surface area contributed by atoms with Crippen molar-refractivity contribution in [3.63, 3.8) is 0 Å². The molecule has 1 unspecified atom stereocenters. The van der Waals surface area contributed by atoms with Gasteiger partial charge in [0.05, 0.1) is 11.4 Å². The van der Waals surface area contributed by atoms with E-state index in [1.165, 1.54) is 12.1 Å². The predicted octanol–water partition coefficient (Wildman–Crippen LogP) is 3.83. The Morgan fingerprint density at radius 2 is 2.19 bits per heavy atom. The summed E-state index contributed by atoms with van der Waals surface area (Å²) in [5.74, 6) is -1.09. The average molecular weight is 307 g/mol. The van der Waals surface area contributed by atoms with Gasteiger partial charge in [0.1, 0.15) is 11.6 Å². The second-order valence-corrected chi connectivity index (χ2v) is 5.84. The third kappa shape index (κ3) is 2.69. The number of aromatic nitrogens is 2. The van der Waals surface area contributed by atoms with Crippen LogP contribution in [-0.2, 0) is 6.54 Å². The molecule has 3 nitrogen and oxygen atoms in total. The lowest BCUT2D eigenvalue weighted by Crippen LogP contribution is -2.20. The van der Waals surface area contributed by atoms with Gasteiger partial charge in [0, 0.05) is 35.8 Å². The van der Waals surface area contributed by atoms with Crippen LogP contribution in [0.4, 0.5) is 8.78 Å². The minimum atomic E-state index is -0.560. The van der Waals surface area contributed by atoms with Crippen LogP contribution in [0.2, 0.25) is 0 Å². The molecule has 1 atom stereocenters. The molecule has 0 radical (unpaired) electrons. The van der Waals surface area contributed by atoms with Crippen molar-refractivity contribution in [2.45, 2.75) is 26.4 Å². The Hall–Kier alpha value is -1.79. The van der Waals surface area contributed by atoms with Crippen molar-refractivity contribution in [2.24, 2.45) is 0 Å². The quantitative estimate of drug-likeness (QED) is 0.793. The zero-order valence-electron chi connectivity index (χ0n) is 11.7. The molecule has 3 aromatic rings. The van der Waals surface area contributed by atoms with Crippen molar-refractivity contribution < 1.29 is 8.78 Å². The van der Waals surface area contributed by atoms with Gasteiger partial charge in [-0.1, -0.05) is 6.07 Å². The molecule has 0 aliphatic heterocycles. The summed E-state index contributed by atoms with van der Waals surface area (Å²) in [6, 6.07) is 3.45. The minimum Gasteiger partial charge on any atom is -0.304 e. The lowest BCUT2D eigenvalue weighted by Gasteiger charge is -2.15. The molecular weight excluding hydrogens is 292 g/mol. The van der Waals surface area contributed by atoms with E-state index in [9.17, 15) is 8.78 Å². The van der Waals surface area contributed by atoms with Crippen LogP contribution in [0.1, 0.15) is 29.9 Å². The normalized spacial score (nSPS) is 13.0. The zero-order chi connectivity index (χ0) is 15.0. The lowest BCUT2D eigenvalue weighted by atomic mass is 10.1. The van der Waals surface area contributed by atoms with Gasteiger partial charge >= 0.3 is 0 Å². The molecule has 0 saturated heterocycles. The average Bonchev–Trinajstić information content (AvgIpc) is 2.97. The molecule has 0 spiro atoms. The van der Waals surface area contributed by atoms with Crippen molar-refractivity contribution >= 4 is 16.3 Å². The molecule has 0 saturated carbocycles. The number of nitrogens with one attached hydrogen (secondary N) is 1. The maximum Gasteiger partial charge on any atom is 0.194 e. The Morgan fingerprint density at radius 3 is 2.95 bits per heavy atom. The fourth-order valence-corrected chi connectivity index (χ4v) is 3.14. The van der Waals surface area contributed by atoms with Crippen LogP contribution in [0.3, 0.4) is 0 Å². The Balaban J connectivity index is 1.78. The highest BCUT2D eigenvalue weighted by molar-refractivity contribution is 7.15. The van der Waals surface area contributed by atoms with Crippen molar-refractivity contribution in [1.29, 1.82) is 0 Å². The number of aryl methyl sites for hydroxylation is 1. The van der Waals surface area contributed by atoms with Crippen LogP contribution in [-0.4, -0.2) is 9.38 Å². The van der Waals surface area contributed by atoms with Crippen LogP contribution in [0.15, 0.2) is 29.8 Å². The van der Waals surface area contributed by atoms with Gasteiger partial charge in [0.15, 0.2) is 4.96 Å². The second-order valence-electron chi connectivity index (χ2n) is 4.97. The van der Waals surface area contributed by atoms with Gasteiger partial charge in [-0.25, -0.2) is 13.8 Å². The minimum absolute atomic E-state index is 0.214. The summed E-state index contributed by atoms with van der Waals surface area (Å²) in [6.07, 6.45) is 1.97. The van der Waals surface area contributed by atoms with Crippen LogP contribution < -0.4 is 5.32 Å². The molecule has 1 aromatic carbocycles. The number of fused-ring (bicyclic) bond motifs is 1. The van der Waals surface area contributed by atoms with Crippen LogP contribution in [0.25, 0.3) is 4.96 Å². The molecule has 2 aromatic heterocycles. The predicted molar refractivity (Wildman–Crippen MR) is 79.4 cm³/mol. The van der Waals surface area contributed by atoms with E-state index in [2.05, 4.69) is 10.3 Å². The third-order valence-corrected chi connectivity index (χ3v) is 4.32. The summed E-state index contributed by atoms with van der Waals surface area (Å²) in [5, 5.41) is 5.25. The van der Waals surface area contributed by atoms with E-state index in [0.717, 1.165) is 22.4 Å². The largest absolute Gasteiger partial charge is 0.304 e. The summed E-state index contributed by atoms with van der Waals surface area (Å²) >= 11 is 1.58. The number of benzene rings is 1. The van der Waals surface area contributed by atoms with E-state index in [1.807, 2.05) is 29.8 Å². The third-order valence-electron chi connectivity index (χ3n) is 3.57. The highest BCUT2D eigenvalue weighted by Gasteiger charge is 2.14. The molecule has 0 fully saturated rings. The Bertz CT molecular complexity index is 778. The highest BCUT2D eigenvalue weighted by Crippen LogP contribution is 2.20. The van der Waals surface area contributed by atoms with Crippen molar-refractivity contribution in [3.05, 3.63) is 58.4 Å². The molecule has 21 heavy (non-hydrogen) atoms. The van der Waals surface area contributed by atoms with Crippen molar-refractivity contribution in [1.82, 2.24) is 14.7 Å². The highest BCUT2D eigenvalue weighted by atomic mass is 32.1. The maximum absolute atomic E-state index is 13.8. The van der Waals surface area contributed by atoms with Crippen molar-refractivity contribution in [3.8, 4) is 0 Å². The van der Waals surface area contributed by atoms with E-state index in [1.54, 1.807) is 11.3 Å². The zero-order valence-corrected chi connectivity index (χ0v) is 12.5. The van der Waals surface area contributed by atoms with E-state index >= 15 is 0 Å². The molecular formula is C15H15F2N3S. The van der Waals surface area contributed by atoms with Crippen molar-refractivity contribution in [2.75, 3.05) is 0 Å². The van der Waals surface area contributed by atoms with Gasteiger partial charge in [-0.15, -0.1) is 11.3 Å². The Labute approximate surface area is 125 Å². The fraction of sp³-hybridized carbons (Fsp3) is 0.267. The number of hydrogen-bond donors (Lipinski definition) is 1. The Morgan fingerprint density at radius 1 is 1.38 bits per heavy atom. The molecule has 2 heterocycles. The van der Waals surface area contributed by atoms with Crippen LogP contribution in [0, 0.1) is 18.6 Å². The first-order valence-electron chi connectivity index (χ1n) is 6.65. The number of thiazole rings is 1. The molecule has 3 rings (SSSR count). The summed E-state index contributed by atoms with van der Waals surface area (Å²) < 4.78 is 28.7. The fourth-order valence-electron chi connectivity index (χ4n) is 2.37. The second kappa shape index (κ2) is 5.54.